The van der Waals surface area contributed by atoms with Gasteiger partial charge in [0.15, 0.2) is 27.4 Å². The van der Waals surface area contributed by atoms with Gasteiger partial charge in [-0.05, 0) is 63.0 Å². The lowest BCUT2D eigenvalue weighted by Crippen LogP contribution is -2.31. The molecule has 0 radical (unpaired) electrons. The third kappa shape index (κ3) is 6.18. The molecule has 5 rings (SSSR count). The van der Waals surface area contributed by atoms with Crippen LogP contribution in [0.25, 0.3) is 6.08 Å². The Morgan fingerprint density at radius 3 is 2.59 bits per heavy atom. The van der Waals surface area contributed by atoms with Crippen molar-refractivity contribution in [2.75, 3.05) is 12.0 Å². The van der Waals surface area contributed by atoms with E-state index in [1.54, 1.807) is 24.3 Å². The van der Waals surface area contributed by atoms with Crippen molar-refractivity contribution in [2.45, 2.75) is 16.1 Å². The van der Waals surface area contributed by atoms with E-state index in [0.29, 0.717) is 20.7 Å². The number of halogens is 2. The molecule has 12 heteroatoms. The third-order valence-electron chi connectivity index (χ3n) is 6.16. The smallest absolute Gasteiger partial charge is 0.296 e. The van der Waals surface area contributed by atoms with E-state index in [1.165, 1.54) is 35.9 Å². The lowest BCUT2D eigenvalue weighted by molar-refractivity contribution is -0.117. The molecule has 0 saturated carbocycles. The molecular weight excluding hydrogens is 650 g/mol. The van der Waals surface area contributed by atoms with Crippen molar-refractivity contribution in [3.8, 4) is 11.5 Å². The highest BCUT2D eigenvalue weighted by Crippen LogP contribution is 2.46. The monoisotopic (exact) mass is 669 g/mol. The fraction of sp³-hybridized carbons (Fsp3) is 0.103. The molecule has 0 saturated heterocycles. The molecule has 2 N–H and O–H groups in total. The first-order valence-corrected chi connectivity index (χ1v) is 15.1. The number of phenols is 1. The Balaban J connectivity index is 1.51. The fourth-order valence-corrected chi connectivity index (χ4v) is 6.60. The zero-order valence-corrected chi connectivity index (χ0v) is 25.3. The number of allylic oxidation sites excluding steroid dienone is 1. The minimum Gasteiger partial charge on any atom is -0.503 e. The summed E-state index contributed by atoms with van der Waals surface area (Å²) in [6.45, 7) is 0. The summed E-state index contributed by atoms with van der Waals surface area (Å²) >= 11 is 11.9. The number of ether oxygens (including phenoxy) is 1. The molecule has 3 aromatic carbocycles. The van der Waals surface area contributed by atoms with Crippen LogP contribution in [0.1, 0.15) is 22.7 Å². The molecule has 1 atom stereocenters. The lowest BCUT2D eigenvalue weighted by Gasteiger charge is -2.24. The number of nitrogens with zero attached hydrogens (tertiary/aromatic N) is 3. The van der Waals surface area contributed by atoms with Crippen LogP contribution in [0.5, 0.6) is 11.5 Å². The number of aromatic nitrogens is 2. The predicted octanol–water partition coefficient (Wildman–Crippen LogP) is 7.14. The van der Waals surface area contributed by atoms with Crippen molar-refractivity contribution in [3.05, 3.63) is 110 Å². The number of aliphatic hydroxyl groups is 1. The number of anilines is 1. The number of carbonyl (C=O) groups excluding carboxylic acids is 2. The van der Waals surface area contributed by atoms with Gasteiger partial charge < -0.3 is 14.9 Å². The average molecular weight is 671 g/mol. The second-order valence-corrected chi connectivity index (χ2v) is 12.2. The highest BCUT2D eigenvalue weighted by molar-refractivity contribution is 9.10. The van der Waals surface area contributed by atoms with Crippen LogP contribution in [-0.4, -0.2) is 39.2 Å². The van der Waals surface area contributed by atoms with Crippen LogP contribution < -0.4 is 9.64 Å². The number of benzene rings is 3. The number of hydrogen-bond acceptors (Lipinski definition) is 9. The van der Waals surface area contributed by atoms with E-state index in [2.05, 4.69) is 26.1 Å². The molecule has 4 aromatic rings. The topological polar surface area (TPSA) is 113 Å². The first-order valence-electron chi connectivity index (χ1n) is 12.1. The van der Waals surface area contributed by atoms with Crippen LogP contribution >= 0.6 is 50.6 Å². The van der Waals surface area contributed by atoms with Gasteiger partial charge in [-0.15, -0.1) is 10.2 Å². The van der Waals surface area contributed by atoms with Crippen LogP contribution in [-0.2, 0) is 15.3 Å². The molecule has 0 bridgehead atoms. The molecule has 208 valence electrons. The number of amides is 1. The number of carbonyl (C=O) groups is 2. The van der Waals surface area contributed by atoms with Gasteiger partial charge in [0.05, 0.1) is 23.2 Å². The van der Waals surface area contributed by atoms with Crippen molar-refractivity contribution < 1.29 is 24.5 Å². The molecule has 0 fully saturated rings. The summed E-state index contributed by atoms with van der Waals surface area (Å²) in [5.74, 6) is -1.46. The van der Waals surface area contributed by atoms with E-state index in [-0.39, 0.29) is 26.7 Å². The summed E-state index contributed by atoms with van der Waals surface area (Å²) < 4.78 is 6.19. The van der Waals surface area contributed by atoms with E-state index < -0.39 is 23.5 Å². The standard InChI is InChI=1S/C29H21BrClN3O5S2/c1-39-22-14-18(13-20(30)25(22)36)24-23(21(35)12-9-16-5-3-2-4-6-16)26(37)27(38)34(24)28-32-33-29(41-28)40-15-17-7-10-19(31)11-8-17/h2-14,24,36-37H,15H2,1H3/b12-9+. The number of aromatic hydroxyl groups is 1. The van der Waals surface area contributed by atoms with Gasteiger partial charge in [0, 0.05) is 10.8 Å². The number of rotatable bonds is 9. The predicted molar refractivity (Wildman–Crippen MR) is 164 cm³/mol. The number of hydrogen-bond donors (Lipinski definition) is 2. The molecule has 0 aliphatic carbocycles. The summed E-state index contributed by atoms with van der Waals surface area (Å²) in [6, 6.07) is 18.6. The van der Waals surface area contributed by atoms with Crippen molar-refractivity contribution in [1.29, 1.82) is 0 Å². The molecule has 1 aromatic heterocycles. The van der Waals surface area contributed by atoms with Gasteiger partial charge >= 0.3 is 0 Å². The highest BCUT2D eigenvalue weighted by atomic mass is 79.9. The maximum Gasteiger partial charge on any atom is 0.296 e. The quantitative estimate of drug-likeness (QED) is 0.110. The summed E-state index contributed by atoms with van der Waals surface area (Å²) in [4.78, 5) is 28.2. The Kier molecular flexibility index (Phi) is 8.79. The van der Waals surface area contributed by atoms with E-state index in [9.17, 15) is 19.8 Å². The summed E-state index contributed by atoms with van der Waals surface area (Å²) in [5, 5.41) is 30.7. The van der Waals surface area contributed by atoms with E-state index in [1.807, 2.05) is 42.5 Å². The van der Waals surface area contributed by atoms with Crippen LogP contribution in [0.15, 0.2) is 93.0 Å². The molecule has 41 heavy (non-hydrogen) atoms. The Bertz CT molecular complexity index is 1680. The maximum absolute atomic E-state index is 13.5. The molecule has 1 aliphatic heterocycles. The van der Waals surface area contributed by atoms with Crippen LogP contribution in [0.4, 0.5) is 5.13 Å². The summed E-state index contributed by atoms with van der Waals surface area (Å²) in [5.41, 5.74) is 2.09. The lowest BCUT2D eigenvalue weighted by atomic mass is 9.95. The van der Waals surface area contributed by atoms with Crippen LogP contribution in [0.3, 0.4) is 0 Å². The number of aliphatic hydroxyl groups excluding tert-OH is 1. The second-order valence-electron chi connectivity index (χ2n) is 8.77. The van der Waals surface area contributed by atoms with Crippen molar-refractivity contribution in [2.24, 2.45) is 0 Å². The molecule has 1 amide bonds. The van der Waals surface area contributed by atoms with Gasteiger partial charge in [-0.2, -0.15) is 0 Å². The van der Waals surface area contributed by atoms with Gasteiger partial charge in [0.1, 0.15) is 0 Å². The molecular formula is C29H21BrClN3O5S2. The summed E-state index contributed by atoms with van der Waals surface area (Å²) in [6.07, 6.45) is 2.92. The van der Waals surface area contributed by atoms with Crippen molar-refractivity contribution >= 4 is 73.5 Å². The Morgan fingerprint density at radius 2 is 1.88 bits per heavy atom. The largest absolute Gasteiger partial charge is 0.503 e. The second kappa shape index (κ2) is 12.5. The van der Waals surface area contributed by atoms with Gasteiger partial charge in [-0.3, -0.25) is 14.5 Å². The molecule has 1 unspecified atom stereocenters. The van der Waals surface area contributed by atoms with Gasteiger partial charge in [-0.1, -0.05) is 83.2 Å². The number of methoxy groups -OCH3 is 1. The Labute approximate surface area is 257 Å². The van der Waals surface area contributed by atoms with Gasteiger partial charge in [0.2, 0.25) is 5.13 Å². The Hall–Kier alpha value is -3.64. The van der Waals surface area contributed by atoms with Crippen LogP contribution in [0, 0.1) is 0 Å². The number of phenolic OH excluding ortho intramolecular Hbond substituents is 1. The maximum atomic E-state index is 13.5. The van der Waals surface area contributed by atoms with E-state index >= 15 is 0 Å². The van der Waals surface area contributed by atoms with Crippen LogP contribution in [0.2, 0.25) is 5.02 Å². The highest BCUT2D eigenvalue weighted by Gasteiger charge is 2.45. The van der Waals surface area contributed by atoms with Crippen molar-refractivity contribution in [3.63, 3.8) is 0 Å². The Morgan fingerprint density at radius 1 is 1.15 bits per heavy atom. The molecule has 8 nitrogen and oxygen atoms in total. The normalized spacial score (nSPS) is 15.2. The first-order chi connectivity index (χ1) is 19.8. The fourth-order valence-electron chi connectivity index (χ4n) is 4.19. The molecule has 0 spiro atoms. The zero-order valence-electron chi connectivity index (χ0n) is 21.3. The summed E-state index contributed by atoms with van der Waals surface area (Å²) in [7, 11) is 1.39. The van der Waals surface area contributed by atoms with E-state index in [0.717, 1.165) is 22.5 Å². The third-order valence-corrected chi connectivity index (χ3v) is 9.15. The van der Waals surface area contributed by atoms with E-state index in [4.69, 9.17) is 16.3 Å². The number of ketones is 1. The minimum absolute atomic E-state index is 0.122. The average Bonchev–Trinajstić information content (AvgIpc) is 3.55. The van der Waals surface area contributed by atoms with Gasteiger partial charge in [0.25, 0.3) is 5.91 Å². The zero-order chi connectivity index (χ0) is 29.1. The minimum atomic E-state index is -1.07. The molecule has 2 heterocycles. The first kappa shape index (κ1) is 28.9. The number of thioether (sulfide) groups is 1. The van der Waals surface area contributed by atoms with Gasteiger partial charge in [-0.25, -0.2) is 0 Å². The SMILES string of the molecule is COc1cc(C2C(C(=O)/C=C/c3ccccc3)=C(O)C(=O)N2c2nnc(SCc3ccc(Cl)cc3)s2)cc(Br)c1O. The molecule has 1 aliphatic rings. The van der Waals surface area contributed by atoms with Crippen molar-refractivity contribution in [1.82, 2.24) is 10.2 Å².